The Kier molecular flexibility index (Phi) is 7.83. The minimum Gasteiger partial charge on any atom is -0.493 e. The molecule has 0 radical (unpaired) electrons. The lowest BCUT2D eigenvalue weighted by Crippen LogP contribution is -2.26. The third-order valence-corrected chi connectivity index (χ3v) is 8.04. The summed E-state index contributed by atoms with van der Waals surface area (Å²) in [6.07, 6.45) is 4.12. The second kappa shape index (κ2) is 12.2. The van der Waals surface area contributed by atoms with Crippen molar-refractivity contribution in [3.05, 3.63) is 94.2 Å². The molecule has 5 aromatic rings. The maximum absolute atomic E-state index is 15.4. The number of carbonyl (C=O) groups excluding carboxylic acids is 1. The van der Waals surface area contributed by atoms with E-state index in [0.717, 1.165) is 25.3 Å². The smallest absolute Gasteiger partial charge is 0.284 e. The van der Waals surface area contributed by atoms with Gasteiger partial charge in [-0.2, -0.15) is 0 Å². The molecule has 1 N–H and O–H groups in total. The minimum absolute atomic E-state index is 0.0324. The van der Waals surface area contributed by atoms with Crippen LogP contribution in [0.5, 0.6) is 23.1 Å². The number of rotatable bonds is 8. The highest BCUT2D eigenvalue weighted by Crippen LogP contribution is 2.37. The number of anilines is 1. The Morgan fingerprint density at radius 3 is 2.63 bits per heavy atom. The minimum atomic E-state index is -0.764. The summed E-state index contributed by atoms with van der Waals surface area (Å²) in [5.74, 6) is -0.978. The molecule has 1 fully saturated rings. The van der Waals surface area contributed by atoms with Crippen molar-refractivity contribution in [3.8, 4) is 28.8 Å². The lowest BCUT2D eigenvalue weighted by atomic mass is 10.1. The topological polar surface area (TPSA) is 119 Å². The van der Waals surface area contributed by atoms with Gasteiger partial charge in [-0.05, 0) is 61.7 Å². The first-order valence-corrected chi connectivity index (χ1v) is 14.9. The highest BCUT2D eigenvalue weighted by atomic mass is 19.1. The van der Waals surface area contributed by atoms with Gasteiger partial charge in [0.2, 0.25) is 5.88 Å². The fourth-order valence-electron chi connectivity index (χ4n) is 5.82. The number of hydrogen-bond acceptors (Lipinski definition) is 8. The number of nitrogens with one attached hydrogen (secondary N) is 1. The van der Waals surface area contributed by atoms with Crippen LogP contribution in [0.1, 0.15) is 35.3 Å². The number of carbonyl (C=O) groups is 1. The summed E-state index contributed by atoms with van der Waals surface area (Å²) in [6.45, 7) is 1.64. The molecular weight excluding hydrogens is 600 g/mol. The summed E-state index contributed by atoms with van der Waals surface area (Å²) in [4.78, 5) is 35.5. The van der Waals surface area contributed by atoms with E-state index in [1.165, 1.54) is 54.5 Å². The molecule has 2 aliphatic heterocycles. The quantitative estimate of drug-likeness (QED) is 0.242. The molecule has 1 atom stereocenters. The van der Waals surface area contributed by atoms with Crippen LogP contribution in [0.25, 0.3) is 16.6 Å². The molecule has 3 aromatic carbocycles. The van der Waals surface area contributed by atoms with E-state index in [9.17, 15) is 14.0 Å². The lowest BCUT2D eigenvalue weighted by molar-refractivity contribution is 0.102. The van der Waals surface area contributed by atoms with Crippen molar-refractivity contribution in [2.75, 3.05) is 25.6 Å². The molecule has 2 aliphatic rings. The molecular formula is C33H29F2N5O6. The van der Waals surface area contributed by atoms with Gasteiger partial charge in [0, 0.05) is 30.8 Å². The average molecular weight is 630 g/mol. The van der Waals surface area contributed by atoms with Crippen LogP contribution in [0, 0.1) is 11.6 Å². The van der Waals surface area contributed by atoms with E-state index < -0.39 is 23.1 Å². The van der Waals surface area contributed by atoms with Gasteiger partial charge in [0.05, 0.1) is 42.6 Å². The number of fused-ring (bicyclic) bond motifs is 2. The van der Waals surface area contributed by atoms with E-state index >= 15 is 4.39 Å². The first kappa shape index (κ1) is 29.4. The molecule has 0 bridgehead atoms. The van der Waals surface area contributed by atoms with E-state index in [1.54, 1.807) is 16.8 Å². The largest absolute Gasteiger partial charge is 0.493 e. The molecule has 2 aromatic heterocycles. The third-order valence-electron chi connectivity index (χ3n) is 8.04. The number of nitrogens with zero attached hydrogens (tertiary/aromatic N) is 4. The number of halogens is 2. The van der Waals surface area contributed by atoms with Gasteiger partial charge in [-0.15, -0.1) is 0 Å². The SMILES string of the molecule is COc1cc2c(Oc3ccc(NC(=O)c4c5n(n(-c6ccc(F)cc6)c4=O)CCCC5)cc3F)ncnc2cc1O[C@@H]1CCOC1. The van der Waals surface area contributed by atoms with E-state index in [-0.39, 0.29) is 29.0 Å². The predicted molar refractivity (Wildman–Crippen MR) is 163 cm³/mol. The van der Waals surface area contributed by atoms with Gasteiger partial charge in [0.15, 0.2) is 23.1 Å². The molecule has 0 spiro atoms. The van der Waals surface area contributed by atoms with Gasteiger partial charge in [0.1, 0.15) is 23.8 Å². The molecule has 11 nitrogen and oxygen atoms in total. The van der Waals surface area contributed by atoms with Crippen molar-refractivity contribution in [2.24, 2.45) is 0 Å². The molecule has 0 saturated carbocycles. The Bertz CT molecular complexity index is 2000. The summed E-state index contributed by atoms with van der Waals surface area (Å²) in [6, 6.07) is 12.8. The summed E-state index contributed by atoms with van der Waals surface area (Å²) in [7, 11) is 1.51. The van der Waals surface area contributed by atoms with Crippen LogP contribution in [0.15, 0.2) is 65.7 Å². The fraction of sp³-hybridized carbons (Fsp3) is 0.273. The Hall–Kier alpha value is -5.30. The third kappa shape index (κ3) is 5.53. The summed E-state index contributed by atoms with van der Waals surface area (Å²) < 4.78 is 54.9. The van der Waals surface area contributed by atoms with Crippen molar-refractivity contribution < 1.29 is 32.5 Å². The standard InChI is InChI=1S/C33H29F2N5O6/c1-43-28-15-23-25(16-29(28)45-22-11-13-44-17-22)36-18-37-32(23)46-27-10-7-20(14-24(27)35)38-31(41)30-26-4-2-3-12-39(26)40(33(30)42)21-8-5-19(34)6-9-21/h5-10,14-16,18,22H,2-4,11-13,17H2,1H3,(H,38,41)/t22-/m1/s1. The second-order valence-corrected chi connectivity index (χ2v) is 11.0. The highest BCUT2D eigenvalue weighted by molar-refractivity contribution is 6.05. The van der Waals surface area contributed by atoms with Gasteiger partial charge in [-0.25, -0.2) is 23.4 Å². The molecule has 0 unspecified atom stereocenters. The number of ether oxygens (including phenoxy) is 4. The summed E-state index contributed by atoms with van der Waals surface area (Å²) >= 11 is 0. The van der Waals surface area contributed by atoms with E-state index in [4.69, 9.17) is 18.9 Å². The second-order valence-electron chi connectivity index (χ2n) is 11.0. The van der Waals surface area contributed by atoms with Crippen molar-refractivity contribution in [2.45, 2.75) is 38.3 Å². The molecule has 4 heterocycles. The normalized spacial score (nSPS) is 15.8. The van der Waals surface area contributed by atoms with Gasteiger partial charge >= 0.3 is 0 Å². The Morgan fingerprint density at radius 2 is 1.87 bits per heavy atom. The Balaban J connectivity index is 1.14. The molecule has 236 valence electrons. The molecule has 1 amide bonds. The first-order chi connectivity index (χ1) is 22.4. The molecule has 0 aliphatic carbocycles. The molecule has 46 heavy (non-hydrogen) atoms. The number of hydrogen-bond donors (Lipinski definition) is 1. The van der Waals surface area contributed by atoms with Crippen molar-refractivity contribution in [1.29, 1.82) is 0 Å². The number of benzene rings is 3. The summed E-state index contributed by atoms with van der Waals surface area (Å²) in [5.41, 5.74) is 1.10. The zero-order valence-corrected chi connectivity index (χ0v) is 24.8. The fourth-order valence-corrected chi connectivity index (χ4v) is 5.82. The van der Waals surface area contributed by atoms with Crippen LogP contribution in [0.3, 0.4) is 0 Å². The van der Waals surface area contributed by atoms with E-state index in [0.29, 0.717) is 60.0 Å². The van der Waals surface area contributed by atoms with Crippen molar-refractivity contribution in [3.63, 3.8) is 0 Å². The van der Waals surface area contributed by atoms with Gasteiger partial charge in [0.25, 0.3) is 11.5 Å². The monoisotopic (exact) mass is 629 g/mol. The van der Waals surface area contributed by atoms with Crippen molar-refractivity contribution in [1.82, 2.24) is 19.3 Å². The number of amides is 1. The number of methoxy groups -OCH3 is 1. The van der Waals surface area contributed by atoms with E-state index in [2.05, 4.69) is 15.3 Å². The van der Waals surface area contributed by atoms with Gasteiger partial charge in [-0.1, -0.05) is 0 Å². The number of aromatic nitrogens is 4. The highest BCUT2D eigenvalue weighted by Gasteiger charge is 2.28. The Morgan fingerprint density at radius 1 is 1.02 bits per heavy atom. The Labute approximate surface area is 261 Å². The summed E-state index contributed by atoms with van der Waals surface area (Å²) in [5, 5.41) is 3.12. The van der Waals surface area contributed by atoms with Crippen LogP contribution in [-0.4, -0.2) is 51.7 Å². The van der Waals surface area contributed by atoms with Gasteiger partial charge in [-0.3, -0.25) is 14.3 Å². The van der Waals surface area contributed by atoms with Crippen LogP contribution >= 0.6 is 0 Å². The lowest BCUT2D eigenvalue weighted by Gasteiger charge is -2.19. The van der Waals surface area contributed by atoms with Crippen LogP contribution < -0.4 is 25.1 Å². The van der Waals surface area contributed by atoms with Crippen molar-refractivity contribution >= 4 is 22.5 Å². The average Bonchev–Trinajstić information content (AvgIpc) is 3.67. The zero-order valence-electron chi connectivity index (χ0n) is 24.8. The molecule has 1 saturated heterocycles. The van der Waals surface area contributed by atoms with Crippen LogP contribution in [-0.2, 0) is 17.7 Å². The molecule has 13 heteroatoms. The maximum atomic E-state index is 15.4. The van der Waals surface area contributed by atoms with Crippen LogP contribution in [0.2, 0.25) is 0 Å². The zero-order chi connectivity index (χ0) is 31.8. The van der Waals surface area contributed by atoms with E-state index in [1.807, 2.05) is 0 Å². The van der Waals surface area contributed by atoms with Crippen LogP contribution in [0.4, 0.5) is 14.5 Å². The maximum Gasteiger partial charge on any atom is 0.284 e. The molecule has 7 rings (SSSR count). The van der Waals surface area contributed by atoms with Gasteiger partial charge < -0.3 is 24.3 Å². The predicted octanol–water partition coefficient (Wildman–Crippen LogP) is 5.42. The first-order valence-electron chi connectivity index (χ1n) is 14.9.